The quantitative estimate of drug-likeness (QED) is 0.480. The van der Waals surface area contributed by atoms with Crippen molar-refractivity contribution in [3.05, 3.63) is 0 Å². The minimum Gasteiger partial charge on any atom is -0.306 e. The highest BCUT2D eigenvalue weighted by Gasteiger charge is 1.93. The SMILES string of the molecule is CCCCCCCCS(=O)O. The Hall–Kier alpha value is 0.110. The third-order valence-corrected chi connectivity index (χ3v) is 2.31. The highest BCUT2D eigenvalue weighted by atomic mass is 32.2. The van der Waals surface area contributed by atoms with Gasteiger partial charge in [-0.1, -0.05) is 39.0 Å². The van der Waals surface area contributed by atoms with Gasteiger partial charge in [-0.15, -0.1) is 0 Å². The lowest BCUT2D eigenvalue weighted by molar-refractivity contribution is 0.556. The van der Waals surface area contributed by atoms with Crippen LogP contribution in [0.4, 0.5) is 0 Å². The van der Waals surface area contributed by atoms with Crippen molar-refractivity contribution in [3.63, 3.8) is 0 Å². The molecular weight excluding hydrogens is 160 g/mol. The van der Waals surface area contributed by atoms with Crippen LogP contribution in [-0.4, -0.2) is 14.5 Å². The molecule has 1 N–H and O–H groups in total. The maximum atomic E-state index is 10.2. The molecule has 0 aromatic rings. The lowest BCUT2D eigenvalue weighted by Gasteiger charge is -1.97. The van der Waals surface area contributed by atoms with E-state index in [2.05, 4.69) is 6.92 Å². The lowest BCUT2D eigenvalue weighted by Crippen LogP contribution is -1.94. The molecule has 1 unspecified atom stereocenters. The van der Waals surface area contributed by atoms with Crippen molar-refractivity contribution in [3.8, 4) is 0 Å². The molecule has 1 atom stereocenters. The first kappa shape index (κ1) is 11.1. The van der Waals surface area contributed by atoms with E-state index in [9.17, 15) is 4.21 Å². The maximum absolute atomic E-state index is 10.2. The Morgan fingerprint density at radius 1 is 1.09 bits per heavy atom. The zero-order valence-electron chi connectivity index (χ0n) is 7.21. The van der Waals surface area contributed by atoms with E-state index in [0.717, 1.165) is 12.8 Å². The second-order valence-corrected chi connectivity index (χ2v) is 3.84. The molecule has 0 amide bonds. The molecule has 0 aromatic carbocycles. The lowest BCUT2D eigenvalue weighted by atomic mass is 10.1. The molecule has 0 aromatic heterocycles. The molecule has 0 spiro atoms. The van der Waals surface area contributed by atoms with Gasteiger partial charge in [-0.2, -0.15) is 0 Å². The first-order valence-corrected chi connectivity index (χ1v) is 5.62. The molecule has 0 bridgehead atoms. The van der Waals surface area contributed by atoms with E-state index in [1.165, 1.54) is 25.7 Å². The highest BCUT2D eigenvalue weighted by Crippen LogP contribution is 2.04. The predicted molar refractivity (Wildman–Crippen MR) is 49.0 cm³/mol. The third kappa shape index (κ3) is 10.1. The summed E-state index contributed by atoms with van der Waals surface area (Å²) in [5.74, 6) is 0.451. The first-order valence-electron chi connectivity index (χ1n) is 4.35. The Balaban J connectivity index is 2.85. The Morgan fingerprint density at radius 2 is 1.64 bits per heavy atom. The van der Waals surface area contributed by atoms with Gasteiger partial charge < -0.3 is 4.55 Å². The second-order valence-electron chi connectivity index (χ2n) is 2.79. The molecule has 0 radical (unpaired) electrons. The molecule has 0 aliphatic rings. The van der Waals surface area contributed by atoms with E-state index in [-0.39, 0.29) is 0 Å². The average Bonchev–Trinajstić information content (AvgIpc) is 1.96. The summed E-state index contributed by atoms with van der Waals surface area (Å²) >= 11 is -1.57. The molecule has 11 heavy (non-hydrogen) atoms. The van der Waals surface area contributed by atoms with Crippen LogP contribution >= 0.6 is 0 Å². The summed E-state index contributed by atoms with van der Waals surface area (Å²) in [7, 11) is 0. The van der Waals surface area contributed by atoms with E-state index in [1.807, 2.05) is 0 Å². The second kappa shape index (κ2) is 8.21. The monoisotopic (exact) mass is 178 g/mol. The molecule has 0 aliphatic heterocycles. The van der Waals surface area contributed by atoms with Gasteiger partial charge in [-0.05, 0) is 6.42 Å². The minimum absolute atomic E-state index is 0.451. The summed E-state index contributed by atoms with van der Waals surface area (Å²) in [6.07, 6.45) is 7.03. The Kier molecular flexibility index (Phi) is 8.29. The highest BCUT2D eigenvalue weighted by molar-refractivity contribution is 7.79. The molecule has 0 saturated carbocycles. The summed E-state index contributed by atoms with van der Waals surface area (Å²) in [6, 6.07) is 0. The Morgan fingerprint density at radius 3 is 2.18 bits per heavy atom. The zero-order chi connectivity index (χ0) is 8.53. The maximum Gasteiger partial charge on any atom is 0.152 e. The molecule has 0 fully saturated rings. The van der Waals surface area contributed by atoms with Gasteiger partial charge in [0.15, 0.2) is 11.1 Å². The Labute approximate surface area is 71.7 Å². The number of hydrogen-bond acceptors (Lipinski definition) is 1. The molecule has 0 heterocycles. The third-order valence-electron chi connectivity index (χ3n) is 1.67. The smallest absolute Gasteiger partial charge is 0.152 e. The first-order chi connectivity index (χ1) is 5.27. The van der Waals surface area contributed by atoms with Gasteiger partial charge in [0.2, 0.25) is 0 Å². The van der Waals surface area contributed by atoms with Crippen molar-refractivity contribution in [1.29, 1.82) is 0 Å². The van der Waals surface area contributed by atoms with Crippen LogP contribution in [0.1, 0.15) is 45.4 Å². The van der Waals surface area contributed by atoms with Crippen LogP contribution in [0, 0.1) is 0 Å². The van der Waals surface area contributed by atoms with Crippen molar-refractivity contribution in [1.82, 2.24) is 0 Å². The summed E-state index contributed by atoms with van der Waals surface area (Å²) in [5, 5.41) is 0. The molecule has 3 heteroatoms. The van der Waals surface area contributed by atoms with Crippen molar-refractivity contribution in [2.45, 2.75) is 45.4 Å². The summed E-state index contributed by atoms with van der Waals surface area (Å²) in [4.78, 5) is 0. The van der Waals surface area contributed by atoms with Gasteiger partial charge >= 0.3 is 0 Å². The van der Waals surface area contributed by atoms with Crippen molar-refractivity contribution >= 4 is 11.1 Å². The van der Waals surface area contributed by atoms with Crippen LogP contribution in [-0.2, 0) is 11.1 Å². The fourth-order valence-corrected chi connectivity index (χ4v) is 1.46. The van der Waals surface area contributed by atoms with Crippen LogP contribution < -0.4 is 0 Å². The van der Waals surface area contributed by atoms with Gasteiger partial charge in [0.25, 0.3) is 0 Å². The van der Waals surface area contributed by atoms with Crippen molar-refractivity contribution in [2.75, 3.05) is 5.75 Å². The summed E-state index contributed by atoms with van der Waals surface area (Å²) < 4.78 is 18.6. The zero-order valence-corrected chi connectivity index (χ0v) is 8.03. The molecule has 0 saturated heterocycles. The largest absolute Gasteiger partial charge is 0.306 e. The topological polar surface area (TPSA) is 37.3 Å². The van der Waals surface area contributed by atoms with Crippen molar-refractivity contribution < 1.29 is 8.76 Å². The molecule has 0 aliphatic carbocycles. The fraction of sp³-hybridized carbons (Fsp3) is 1.00. The number of unbranched alkanes of at least 4 members (excludes halogenated alkanes) is 5. The van der Waals surface area contributed by atoms with Crippen molar-refractivity contribution in [2.24, 2.45) is 0 Å². The number of hydrogen-bond donors (Lipinski definition) is 1. The van der Waals surface area contributed by atoms with E-state index in [1.54, 1.807) is 0 Å². The molecule has 2 nitrogen and oxygen atoms in total. The molecule has 0 rings (SSSR count). The number of rotatable bonds is 7. The van der Waals surface area contributed by atoms with Crippen LogP contribution in [0.25, 0.3) is 0 Å². The van der Waals surface area contributed by atoms with Crippen LogP contribution in [0.2, 0.25) is 0 Å². The van der Waals surface area contributed by atoms with Gasteiger partial charge in [-0.25, -0.2) is 4.21 Å². The van der Waals surface area contributed by atoms with Gasteiger partial charge in [0, 0.05) is 5.75 Å². The van der Waals surface area contributed by atoms with E-state index in [4.69, 9.17) is 4.55 Å². The van der Waals surface area contributed by atoms with Gasteiger partial charge in [0.1, 0.15) is 0 Å². The van der Waals surface area contributed by atoms with Gasteiger partial charge in [0.05, 0.1) is 0 Å². The van der Waals surface area contributed by atoms with Crippen LogP contribution in [0.5, 0.6) is 0 Å². The standard InChI is InChI=1S/C8H18O2S/c1-2-3-4-5-6-7-8-11(9)10/h2-8H2,1H3,(H,9,10). The van der Waals surface area contributed by atoms with Crippen LogP contribution in [0.15, 0.2) is 0 Å². The minimum atomic E-state index is -1.57. The fourth-order valence-electron chi connectivity index (χ4n) is 1.01. The summed E-state index contributed by atoms with van der Waals surface area (Å²) in [6.45, 7) is 2.18. The van der Waals surface area contributed by atoms with Gasteiger partial charge in [-0.3, -0.25) is 0 Å². The average molecular weight is 178 g/mol. The van der Waals surface area contributed by atoms with E-state index >= 15 is 0 Å². The molecular formula is C8H18O2S. The normalized spacial score (nSPS) is 13.3. The predicted octanol–water partition coefficient (Wildman–Crippen LogP) is 2.57. The summed E-state index contributed by atoms with van der Waals surface area (Å²) in [5.41, 5.74) is 0. The van der Waals surface area contributed by atoms with Crippen LogP contribution in [0.3, 0.4) is 0 Å². The molecule has 68 valence electrons. The van der Waals surface area contributed by atoms with E-state index in [0.29, 0.717) is 5.75 Å². The van der Waals surface area contributed by atoms with E-state index < -0.39 is 11.1 Å². The Bertz CT molecular complexity index is 104.